The van der Waals surface area contributed by atoms with Crippen molar-refractivity contribution in [3.8, 4) is 0 Å². The highest BCUT2D eigenvalue weighted by molar-refractivity contribution is 9.10. The average molecular weight is 295 g/mol. The van der Waals surface area contributed by atoms with Gasteiger partial charge < -0.3 is 0 Å². The van der Waals surface area contributed by atoms with Crippen LogP contribution in [0.25, 0.3) is 0 Å². The second-order valence-electron chi connectivity index (χ2n) is 4.43. The van der Waals surface area contributed by atoms with Crippen molar-refractivity contribution >= 4 is 27.5 Å². The summed E-state index contributed by atoms with van der Waals surface area (Å²) in [5, 5.41) is 4.12. The second kappa shape index (κ2) is 5.00. The van der Waals surface area contributed by atoms with Crippen LogP contribution in [0.15, 0.2) is 27.8 Å². The summed E-state index contributed by atoms with van der Waals surface area (Å²) in [4.78, 5) is 11.8. The number of nitrogens with zero attached hydrogens (tertiary/aromatic N) is 1. The molecule has 0 atom stereocenters. The summed E-state index contributed by atoms with van der Waals surface area (Å²) in [6.07, 6.45) is 2.39. The molecule has 1 saturated carbocycles. The quantitative estimate of drug-likeness (QED) is 0.675. The van der Waals surface area contributed by atoms with Crippen LogP contribution >= 0.6 is 15.9 Å². The van der Waals surface area contributed by atoms with E-state index in [9.17, 15) is 4.79 Å². The molecule has 0 saturated heterocycles. The second-order valence-corrected chi connectivity index (χ2v) is 5.29. The molecular formula is C13H15BrN2O. The maximum Gasteiger partial charge on any atom is 0.271 e. The highest BCUT2D eigenvalue weighted by atomic mass is 79.9. The number of halogens is 1. The summed E-state index contributed by atoms with van der Waals surface area (Å²) >= 11 is 3.41. The minimum absolute atomic E-state index is 0.161. The molecule has 1 amide bonds. The number of hydrogen-bond acceptors (Lipinski definition) is 2. The Balaban J connectivity index is 2.03. The topological polar surface area (TPSA) is 41.5 Å². The third kappa shape index (κ3) is 3.16. The summed E-state index contributed by atoms with van der Waals surface area (Å²) in [6, 6.07) is 5.53. The smallest absolute Gasteiger partial charge is 0.267 e. The SMILES string of the molecule is C/C(=N\NC(=O)c1ccc(C)c(Br)c1)C1CC1. The molecule has 1 N–H and O–H groups in total. The van der Waals surface area contributed by atoms with Gasteiger partial charge in [0, 0.05) is 15.7 Å². The molecule has 0 heterocycles. The molecule has 0 spiro atoms. The molecule has 0 aliphatic heterocycles. The lowest BCUT2D eigenvalue weighted by Gasteiger charge is -2.04. The Morgan fingerprint density at radius 2 is 2.18 bits per heavy atom. The molecule has 3 nitrogen and oxygen atoms in total. The number of aryl methyl sites for hydroxylation is 1. The van der Waals surface area contributed by atoms with Gasteiger partial charge in [-0.25, -0.2) is 5.43 Å². The van der Waals surface area contributed by atoms with E-state index in [1.165, 1.54) is 12.8 Å². The fourth-order valence-electron chi connectivity index (χ4n) is 1.53. The van der Waals surface area contributed by atoms with E-state index < -0.39 is 0 Å². The Morgan fingerprint density at radius 1 is 1.47 bits per heavy atom. The number of rotatable bonds is 3. The molecule has 0 unspecified atom stereocenters. The van der Waals surface area contributed by atoms with Gasteiger partial charge in [0.15, 0.2) is 0 Å². The molecule has 0 radical (unpaired) electrons. The largest absolute Gasteiger partial charge is 0.271 e. The molecule has 2 rings (SSSR count). The van der Waals surface area contributed by atoms with Crippen molar-refractivity contribution in [2.75, 3.05) is 0 Å². The zero-order chi connectivity index (χ0) is 12.4. The van der Waals surface area contributed by atoms with Crippen LogP contribution in [0, 0.1) is 12.8 Å². The standard InChI is InChI=1S/C13H15BrN2O/c1-8-3-4-11(7-12(8)14)13(17)16-15-9(2)10-5-6-10/h3-4,7,10H,5-6H2,1-2H3,(H,16,17)/b15-9+. The van der Waals surface area contributed by atoms with Crippen molar-refractivity contribution in [1.82, 2.24) is 5.43 Å². The molecule has 1 aliphatic rings. The average Bonchev–Trinajstić information content (AvgIpc) is 3.13. The molecule has 17 heavy (non-hydrogen) atoms. The number of carbonyl (C=O) groups excluding carboxylic acids is 1. The lowest BCUT2D eigenvalue weighted by molar-refractivity contribution is 0.0954. The van der Waals surface area contributed by atoms with Crippen LogP contribution in [0.1, 0.15) is 35.7 Å². The van der Waals surface area contributed by atoms with Crippen molar-refractivity contribution < 1.29 is 4.79 Å². The highest BCUT2D eigenvalue weighted by Crippen LogP contribution is 2.30. The van der Waals surface area contributed by atoms with E-state index in [2.05, 4.69) is 26.5 Å². The minimum Gasteiger partial charge on any atom is -0.267 e. The zero-order valence-electron chi connectivity index (χ0n) is 9.96. The van der Waals surface area contributed by atoms with Gasteiger partial charge in [-0.2, -0.15) is 5.10 Å². The van der Waals surface area contributed by atoms with E-state index in [0.29, 0.717) is 11.5 Å². The molecule has 4 heteroatoms. The van der Waals surface area contributed by atoms with Crippen molar-refractivity contribution in [3.05, 3.63) is 33.8 Å². The Kier molecular flexibility index (Phi) is 3.62. The summed E-state index contributed by atoms with van der Waals surface area (Å²) in [5.74, 6) is 0.422. The lowest BCUT2D eigenvalue weighted by Crippen LogP contribution is -2.19. The molecular weight excluding hydrogens is 280 g/mol. The Hall–Kier alpha value is -1.16. The number of amides is 1. The Labute approximate surface area is 109 Å². The van der Waals surface area contributed by atoms with E-state index in [-0.39, 0.29) is 5.91 Å². The number of hydrogen-bond donors (Lipinski definition) is 1. The van der Waals surface area contributed by atoms with Gasteiger partial charge in [-0.1, -0.05) is 22.0 Å². The normalized spacial score (nSPS) is 15.8. The summed E-state index contributed by atoms with van der Waals surface area (Å²) in [5.41, 5.74) is 5.34. The van der Waals surface area contributed by atoms with Crippen LogP contribution in [-0.2, 0) is 0 Å². The molecule has 0 bridgehead atoms. The van der Waals surface area contributed by atoms with E-state index in [1.807, 2.05) is 26.0 Å². The van der Waals surface area contributed by atoms with Crippen molar-refractivity contribution in [3.63, 3.8) is 0 Å². The van der Waals surface area contributed by atoms with Crippen molar-refractivity contribution in [2.45, 2.75) is 26.7 Å². The van der Waals surface area contributed by atoms with Gasteiger partial charge in [0.25, 0.3) is 5.91 Å². The number of benzene rings is 1. The van der Waals surface area contributed by atoms with Gasteiger partial charge in [-0.3, -0.25) is 4.79 Å². The minimum atomic E-state index is -0.161. The predicted molar refractivity (Wildman–Crippen MR) is 72.2 cm³/mol. The third-order valence-electron chi connectivity index (χ3n) is 2.94. The third-order valence-corrected chi connectivity index (χ3v) is 3.79. The Bertz CT molecular complexity index is 478. The van der Waals surface area contributed by atoms with Crippen molar-refractivity contribution in [1.29, 1.82) is 0 Å². The molecule has 1 aliphatic carbocycles. The first kappa shape index (κ1) is 12.3. The van der Waals surface area contributed by atoms with Gasteiger partial charge in [-0.15, -0.1) is 0 Å². The highest BCUT2D eigenvalue weighted by Gasteiger charge is 2.24. The molecule has 1 aromatic carbocycles. The van der Waals surface area contributed by atoms with E-state index >= 15 is 0 Å². The van der Waals surface area contributed by atoms with Crippen LogP contribution in [0.5, 0.6) is 0 Å². The fourth-order valence-corrected chi connectivity index (χ4v) is 1.91. The zero-order valence-corrected chi connectivity index (χ0v) is 11.5. The number of carbonyl (C=O) groups is 1. The summed E-state index contributed by atoms with van der Waals surface area (Å²) in [6.45, 7) is 3.95. The van der Waals surface area contributed by atoms with E-state index in [1.54, 1.807) is 6.07 Å². The van der Waals surface area contributed by atoms with E-state index in [4.69, 9.17) is 0 Å². The number of nitrogens with one attached hydrogen (secondary N) is 1. The van der Waals surface area contributed by atoms with Gasteiger partial charge >= 0.3 is 0 Å². The maximum atomic E-state index is 11.8. The van der Waals surface area contributed by atoms with Gasteiger partial charge in [0.2, 0.25) is 0 Å². The number of hydrazone groups is 1. The van der Waals surface area contributed by atoms with Crippen molar-refractivity contribution in [2.24, 2.45) is 11.0 Å². The lowest BCUT2D eigenvalue weighted by atomic mass is 10.1. The molecule has 1 aromatic rings. The molecule has 90 valence electrons. The fraction of sp³-hybridized carbons (Fsp3) is 0.385. The maximum absolute atomic E-state index is 11.8. The monoisotopic (exact) mass is 294 g/mol. The summed E-state index contributed by atoms with van der Waals surface area (Å²) < 4.78 is 0.938. The van der Waals surface area contributed by atoms with Gasteiger partial charge in [0.05, 0.1) is 0 Å². The van der Waals surface area contributed by atoms with Crippen LogP contribution in [0.4, 0.5) is 0 Å². The van der Waals surface area contributed by atoms with Gasteiger partial charge in [0.1, 0.15) is 0 Å². The first-order chi connectivity index (χ1) is 8.08. The molecule has 1 fully saturated rings. The Morgan fingerprint density at radius 3 is 2.76 bits per heavy atom. The van der Waals surface area contributed by atoms with Crippen LogP contribution in [0.3, 0.4) is 0 Å². The van der Waals surface area contributed by atoms with Gasteiger partial charge in [-0.05, 0) is 50.3 Å². The van der Waals surface area contributed by atoms with Crippen LogP contribution in [-0.4, -0.2) is 11.6 Å². The first-order valence-corrected chi connectivity index (χ1v) is 6.48. The predicted octanol–water partition coefficient (Wildman–Crippen LogP) is 3.27. The summed E-state index contributed by atoms with van der Waals surface area (Å²) in [7, 11) is 0. The van der Waals surface area contributed by atoms with Crippen LogP contribution in [0.2, 0.25) is 0 Å². The van der Waals surface area contributed by atoms with Crippen LogP contribution < -0.4 is 5.43 Å². The first-order valence-electron chi connectivity index (χ1n) is 5.68. The van der Waals surface area contributed by atoms with E-state index in [0.717, 1.165) is 15.7 Å². The molecule has 0 aromatic heterocycles.